The number of aromatic nitrogens is 4. The highest BCUT2D eigenvalue weighted by Crippen LogP contribution is 2.44. The Morgan fingerprint density at radius 3 is 2.65 bits per heavy atom. The summed E-state index contributed by atoms with van der Waals surface area (Å²) in [5, 5.41) is 7.72. The molecule has 1 aromatic heterocycles. The summed E-state index contributed by atoms with van der Waals surface area (Å²) in [6, 6.07) is 3.97. The highest BCUT2D eigenvalue weighted by atomic mass is 16.5. The molecule has 0 unspecified atom stereocenters. The summed E-state index contributed by atoms with van der Waals surface area (Å²) in [5.41, 5.74) is 4.14. The van der Waals surface area contributed by atoms with Gasteiger partial charge in [0.1, 0.15) is 0 Å². The maximum absolute atomic E-state index is 12.1. The second kappa shape index (κ2) is 4.86. The summed E-state index contributed by atoms with van der Waals surface area (Å²) < 4.78 is 7.92. The number of aryl methyl sites for hydroxylation is 2. The summed E-state index contributed by atoms with van der Waals surface area (Å²) in [7, 11) is 3.26. The Labute approximate surface area is 117 Å². The highest BCUT2D eigenvalue weighted by Gasteiger charge is 2.29. The summed E-state index contributed by atoms with van der Waals surface area (Å²) in [4.78, 5) is 12.1. The molecule has 1 aliphatic carbocycles. The van der Waals surface area contributed by atoms with Crippen LogP contribution in [0.4, 0.5) is 0 Å². The third kappa shape index (κ3) is 2.06. The Balaban J connectivity index is 2.22. The number of benzene rings is 1. The fourth-order valence-electron chi connectivity index (χ4n) is 2.67. The average molecular weight is 274 g/mol. The first-order valence-electron chi connectivity index (χ1n) is 6.74. The SMILES string of the molecule is COCc1c(-n2nnn(C)c2=O)ccc(C)c1C1CC1. The molecule has 0 radical (unpaired) electrons. The van der Waals surface area contributed by atoms with E-state index in [0.717, 1.165) is 11.3 Å². The van der Waals surface area contributed by atoms with Crippen LogP contribution in [0.15, 0.2) is 16.9 Å². The van der Waals surface area contributed by atoms with E-state index in [1.54, 1.807) is 14.2 Å². The molecule has 0 aliphatic heterocycles. The van der Waals surface area contributed by atoms with E-state index in [4.69, 9.17) is 4.74 Å². The minimum absolute atomic E-state index is 0.243. The van der Waals surface area contributed by atoms with Gasteiger partial charge in [0.2, 0.25) is 0 Å². The summed E-state index contributed by atoms with van der Waals surface area (Å²) >= 11 is 0. The van der Waals surface area contributed by atoms with Crippen LogP contribution in [-0.4, -0.2) is 26.9 Å². The minimum atomic E-state index is -0.243. The molecular formula is C14H18N4O2. The van der Waals surface area contributed by atoms with Crippen molar-refractivity contribution in [1.82, 2.24) is 19.8 Å². The van der Waals surface area contributed by atoms with Crippen molar-refractivity contribution in [3.63, 3.8) is 0 Å². The van der Waals surface area contributed by atoms with Gasteiger partial charge in [-0.1, -0.05) is 6.07 Å². The Hall–Kier alpha value is -1.95. The van der Waals surface area contributed by atoms with Gasteiger partial charge in [0.05, 0.1) is 12.3 Å². The Morgan fingerprint density at radius 1 is 1.35 bits per heavy atom. The van der Waals surface area contributed by atoms with Crippen LogP contribution in [0.1, 0.15) is 35.4 Å². The predicted molar refractivity (Wildman–Crippen MR) is 74.0 cm³/mol. The third-order valence-corrected chi connectivity index (χ3v) is 3.77. The van der Waals surface area contributed by atoms with E-state index in [1.807, 2.05) is 12.1 Å². The molecule has 20 heavy (non-hydrogen) atoms. The molecule has 0 amide bonds. The van der Waals surface area contributed by atoms with Gasteiger partial charge in [-0.3, -0.25) is 0 Å². The zero-order valence-electron chi connectivity index (χ0n) is 12.0. The van der Waals surface area contributed by atoms with E-state index in [1.165, 1.54) is 33.3 Å². The Bertz CT molecular complexity index is 698. The molecule has 1 aliphatic rings. The van der Waals surface area contributed by atoms with Crippen molar-refractivity contribution in [2.75, 3.05) is 7.11 Å². The largest absolute Gasteiger partial charge is 0.380 e. The van der Waals surface area contributed by atoms with Crippen LogP contribution in [0.3, 0.4) is 0 Å². The average Bonchev–Trinajstić information content (AvgIpc) is 3.20. The number of nitrogens with zero attached hydrogens (tertiary/aromatic N) is 4. The monoisotopic (exact) mass is 274 g/mol. The van der Waals surface area contributed by atoms with Gasteiger partial charge in [0.15, 0.2) is 0 Å². The van der Waals surface area contributed by atoms with Gasteiger partial charge in [-0.15, -0.1) is 0 Å². The molecule has 6 heteroatoms. The predicted octanol–water partition coefficient (Wildman–Crippen LogP) is 1.30. The second-order valence-electron chi connectivity index (χ2n) is 5.30. The van der Waals surface area contributed by atoms with Crippen LogP contribution in [0.2, 0.25) is 0 Å². The van der Waals surface area contributed by atoms with E-state index in [9.17, 15) is 4.79 Å². The first-order chi connectivity index (χ1) is 9.63. The summed E-state index contributed by atoms with van der Waals surface area (Å²) in [6.07, 6.45) is 2.41. The van der Waals surface area contributed by atoms with Crippen LogP contribution in [0.25, 0.3) is 5.69 Å². The quantitative estimate of drug-likeness (QED) is 0.843. The van der Waals surface area contributed by atoms with Gasteiger partial charge in [0.25, 0.3) is 0 Å². The molecular weight excluding hydrogens is 256 g/mol. The molecule has 1 saturated carbocycles. The van der Waals surface area contributed by atoms with Crippen molar-refractivity contribution < 1.29 is 4.74 Å². The zero-order chi connectivity index (χ0) is 14.3. The molecule has 1 heterocycles. The molecule has 0 atom stereocenters. The van der Waals surface area contributed by atoms with E-state index in [-0.39, 0.29) is 5.69 Å². The molecule has 1 aromatic carbocycles. The number of ether oxygens (including phenoxy) is 1. The number of hydrogen-bond acceptors (Lipinski definition) is 4. The van der Waals surface area contributed by atoms with Crippen LogP contribution < -0.4 is 5.69 Å². The minimum Gasteiger partial charge on any atom is -0.380 e. The van der Waals surface area contributed by atoms with Gasteiger partial charge in [-0.2, -0.15) is 9.36 Å². The fourth-order valence-corrected chi connectivity index (χ4v) is 2.67. The molecule has 0 saturated heterocycles. The number of methoxy groups -OCH3 is 1. The van der Waals surface area contributed by atoms with E-state index in [2.05, 4.69) is 17.4 Å². The smallest absolute Gasteiger partial charge is 0.368 e. The lowest BCUT2D eigenvalue weighted by Gasteiger charge is -2.15. The molecule has 106 valence electrons. The Morgan fingerprint density at radius 2 is 2.10 bits per heavy atom. The highest BCUT2D eigenvalue weighted by molar-refractivity contribution is 5.51. The zero-order valence-corrected chi connectivity index (χ0v) is 12.0. The van der Waals surface area contributed by atoms with Crippen LogP contribution in [0.5, 0.6) is 0 Å². The maximum Gasteiger partial charge on any atom is 0.368 e. The number of rotatable bonds is 4. The maximum atomic E-state index is 12.1. The van der Waals surface area contributed by atoms with Crippen molar-refractivity contribution in [3.8, 4) is 5.69 Å². The van der Waals surface area contributed by atoms with Crippen molar-refractivity contribution in [1.29, 1.82) is 0 Å². The van der Waals surface area contributed by atoms with Crippen molar-refractivity contribution >= 4 is 0 Å². The van der Waals surface area contributed by atoms with Crippen molar-refractivity contribution in [2.45, 2.75) is 32.3 Å². The van der Waals surface area contributed by atoms with Crippen LogP contribution >= 0.6 is 0 Å². The van der Waals surface area contributed by atoms with Gasteiger partial charge in [-0.05, 0) is 53.3 Å². The van der Waals surface area contributed by atoms with Gasteiger partial charge in [0, 0.05) is 19.7 Å². The van der Waals surface area contributed by atoms with Crippen molar-refractivity contribution in [2.24, 2.45) is 7.05 Å². The van der Waals surface area contributed by atoms with Gasteiger partial charge >= 0.3 is 5.69 Å². The molecule has 3 rings (SSSR count). The van der Waals surface area contributed by atoms with Gasteiger partial charge in [-0.25, -0.2) is 4.79 Å². The standard InChI is InChI=1S/C14H18N4O2/c1-9-4-7-12(18-14(19)17(2)15-16-18)11(8-20-3)13(9)10-5-6-10/h4,7,10H,5-6,8H2,1-3H3. The lowest BCUT2D eigenvalue weighted by molar-refractivity contribution is 0.183. The first-order valence-corrected chi connectivity index (χ1v) is 6.74. The third-order valence-electron chi connectivity index (χ3n) is 3.77. The molecule has 6 nitrogen and oxygen atoms in total. The van der Waals surface area contributed by atoms with E-state index < -0.39 is 0 Å². The summed E-state index contributed by atoms with van der Waals surface area (Å²) in [5.74, 6) is 0.590. The Kier molecular flexibility index (Phi) is 3.17. The molecule has 0 N–H and O–H groups in total. The number of hydrogen-bond donors (Lipinski definition) is 0. The fraction of sp³-hybridized carbons (Fsp3) is 0.500. The normalized spacial score (nSPS) is 14.8. The number of tetrazole rings is 1. The molecule has 0 spiro atoms. The van der Waals surface area contributed by atoms with Crippen LogP contribution in [-0.2, 0) is 18.4 Å². The second-order valence-corrected chi connectivity index (χ2v) is 5.30. The van der Waals surface area contributed by atoms with Gasteiger partial charge < -0.3 is 4.74 Å². The van der Waals surface area contributed by atoms with Crippen molar-refractivity contribution in [3.05, 3.63) is 39.3 Å². The lowest BCUT2D eigenvalue weighted by atomic mass is 9.96. The first kappa shape index (κ1) is 13.1. The topological polar surface area (TPSA) is 61.9 Å². The molecule has 1 fully saturated rings. The molecule has 2 aromatic rings. The summed E-state index contributed by atoms with van der Waals surface area (Å²) in [6.45, 7) is 2.59. The van der Waals surface area contributed by atoms with Crippen LogP contribution in [0, 0.1) is 6.92 Å². The van der Waals surface area contributed by atoms with E-state index >= 15 is 0 Å². The van der Waals surface area contributed by atoms with E-state index in [0.29, 0.717) is 12.5 Å². The lowest BCUT2D eigenvalue weighted by Crippen LogP contribution is -2.23. The molecule has 0 bridgehead atoms.